The van der Waals surface area contributed by atoms with E-state index >= 15 is 0 Å². The molecule has 0 spiro atoms. The summed E-state index contributed by atoms with van der Waals surface area (Å²) in [6.45, 7) is 4.93. The van der Waals surface area contributed by atoms with Gasteiger partial charge in [-0.25, -0.2) is 0 Å². The maximum atomic E-state index is 2.54. The van der Waals surface area contributed by atoms with Gasteiger partial charge in [0.2, 0.25) is 0 Å². The smallest absolute Gasteiger partial charge is 0.0345 e. The molecule has 1 aliphatic carbocycles. The van der Waals surface area contributed by atoms with Crippen LogP contribution in [0.25, 0.3) is 10.1 Å². The van der Waals surface area contributed by atoms with E-state index < -0.39 is 0 Å². The van der Waals surface area contributed by atoms with Crippen LogP contribution in [-0.4, -0.2) is 0 Å². The van der Waals surface area contributed by atoms with E-state index in [-0.39, 0.29) is 5.41 Å². The van der Waals surface area contributed by atoms with Gasteiger partial charge in [-0.2, -0.15) is 0 Å². The fraction of sp³-hybridized carbons (Fsp3) is 0.240. The van der Waals surface area contributed by atoms with Crippen molar-refractivity contribution in [1.29, 1.82) is 0 Å². The van der Waals surface area contributed by atoms with Crippen molar-refractivity contribution < 1.29 is 0 Å². The molecule has 2 heteroatoms. The van der Waals surface area contributed by atoms with Crippen LogP contribution in [0.3, 0.4) is 0 Å². The standard InChI is InChI=1S/C25H23S2/c1-25(2,20-14-13-17-8-3-5-10-19(17)20)24(22-12-7-15-26-22)23-16-18-9-4-6-11-21(18)27-23/h3-12,14-16,20,24H,13H2,1-2H3. The zero-order chi connectivity index (χ0) is 18.4. The van der Waals surface area contributed by atoms with Crippen molar-refractivity contribution >= 4 is 32.8 Å². The average Bonchev–Trinajstić information content (AvgIpc) is 3.41. The highest BCUT2D eigenvalue weighted by Gasteiger charge is 2.43. The van der Waals surface area contributed by atoms with Crippen molar-refractivity contribution in [2.24, 2.45) is 5.41 Å². The maximum Gasteiger partial charge on any atom is 0.0345 e. The highest BCUT2D eigenvalue weighted by molar-refractivity contribution is 7.19. The number of fused-ring (bicyclic) bond motifs is 2. The first-order chi connectivity index (χ1) is 13.1. The van der Waals surface area contributed by atoms with Crippen molar-refractivity contribution in [3.63, 3.8) is 0 Å². The Bertz CT molecular complexity index is 1040. The summed E-state index contributed by atoms with van der Waals surface area (Å²) < 4.78 is 1.39. The summed E-state index contributed by atoms with van der Waals surface area (Å²) in [5.74, 6) is 0.883. The van der Waals surface area contributed by atoms with E-state index in [0.29, 0.717) is 11.8 Å². The molecule has 2 heterocycles. The highest BCUT2D eigenvalue weighted by atomic mass is 32.1. The van der Waals surface area contributed by atoms with Crippen molar-refractivity contribution in [3.8, 4) is 0 Å². The molecular weight excluding hydrogens is 364 g/mol. The molecule has 2 unspecified atom stereocenters. The van der Waals surface area contributed by atoms with Gasteiger partial charge in [0.05, 0.1) is 0 Å². The quantitative estimate of drug-likeness (QED) is 0.337. The van der Waals surface area contributed by atoms with Crippen LogP contribution in [0.15, 0.2) is 72.1 Å². The van der Waals surface area contributed by atoms with Gasteiger partial charge in [0, 0.05) is 20.4 Å². The molecule has 4 aromatic rings. The molecule has 27 heavy (non-hydrogen) atoms. The summed E-state index contributed by atoms with van der Waals surface area (Å²) in [4.78, 5) is 2.96. The number of rotatable bonds is 4. The first kappa shape index (κ1) is 17.2. The summed E-state index contributed by atoms with van der Waals surface area (Å²) in [6, 6.07) is 24.7. The molecule has 0 nitrogen and oxygen atoms in total. The number of thiophene rings is 2. The van der Waals surface area contributed by atoms with Crippen LogP contribution >= 0.6 is 22.7 Å². The van der Waals surface area contributed by atoms with Crippen LogP contribution in [0.1, 0.15) is 46.6 Å². The van der Waals surface area contributed by atoms with Gasteiger partial charge >= 0.3 is 0 Å². The molecule has 2 aromatic carbocycles. The Labute approximate surface area is 169 Å². The molecule has 135 valence electrons. The molecule has 2 aromatic heterocycles. The van der Waals surface area contributed by atoms with Gasteiger partial charge in [-0.15, -0.1) is 22.7 Å². The predicted molar refractivity (Wildman–Crippen MR) is 119 cm³/mol. The molecule has 0 aliphatic heterocycles. The largest absolute Gasteiger partial charge is 0.148 e. The van der Waals surface area contributed by atoms with Gasteiger partial charge in [-0.3, -0.25) is 0 Å². The van der Waals surface area contributed by atoms with E-state index in [9.17, 15) is 0 Å². The Kier molecular flexibility index (Phi) is 4.22. The maximum absolute atomic E-state index is 2.54. The topological polar surface area (TPSA) is 0 Å². The summed E-state index contributed by atoms with van der Waals surface area (Å²) in [6.07, 6.45) is 3.63. The third-order valence-corrected chi connectivity index (χ3v) is 8.18. The second kappa shape index (κ2) is 6.61. The molecule has 0 saturated carbocycles. The van der Waals surface area contributed by atoms with Gasteiger partial charge in [0.1, 0.15) is 0 Å². The van der Waals surface area contributed by atoms with E-state index in [4.69, 9.17) is 0 Å². The first-order valence-corrected chi connectivity index (χ1v) is 11.3. The van der Waals surface area contributed by atoms with Gasteiger partial charge in [0.15, 0.2) is 0 Å². The van der Waals surface area contributed by atoms with Crippen molar-refractivity contribution in [2.45, 2.75) is 32.1 Å². The van der Waals surface area contributed by atoms with Crippen LogP contribution < -0.4 is 0 Å². The Morgan fingerprint density at radius 2 is 1.74 bits per heavy atom. The van der Waals surface area contributed by atoms with Crippen LogP contribution in [-0.2, 0) is 6.42 Å². The number of benzene rings is 2. The molecule has 1 aliphatic rings. The van der Waals surface area contributed by atoms with Gasteiger partial charge in [-0.05, 0) is 64.3 Å². The minimum absolute atomic E-state index is 0.109. The summed E-state index contributed by atoms with van der Waals surface area (Å²) in [5.41, 5.74) is 3.13. The zero-order valence-corrected chi connectivity index (χ0v) is 17.3. The average molecular weight is 388 g/mol. The zero-order valence-electron chi connectivity index (χ0n) is 15.7. The van der Waals surface area contributed by atoms with Crippen molar-refractivity contribution in [2.75, 3.05) is 0 Å². The summed E-state index contributed by atoms with van der Waals surface area (Å²) in [7, 11) is 0. The lowest BCUT2D eigenvalue weighted by Gasteiger charge is -2.39. The van der Waals surface area contributed by atoms with Crippen LogP contribution in [0, 0.1) is 11.8 Å². The lowest BCUT2D eigenvalue weighted by Crippen LogP contribution is -2.29. The summed E-state index contributed by atoms with van der Waals surface area (Å²) in [5, 5.41) is 3.59. The fourth-order valence-electron chi connectivity index (χ4n) is 4.75. The number of hydrogen-bond donors (Lipinski definition) is 0. The van der Waals surface area contributed by atoms with E-state index in [2.05, 4.69) is 92.4 Å². The lowest BCUT2D eigenvalue weighted by atomic mass is 9.66. The third kappa shape index (κ3) is 2.86. The van der Waals surface area contributed by atoms with Crippen LogP contribution in [0.4, 0.5) is 0 Å². The van der Waals surface area contributed by atoms with Crippen molar-refractivity contribution in [3.05, 3.63) is 99.4 Å². The SMILES string of the molecule is CC(C)(C1[CH]Cc2ccccc21)C(c1cccs1)c1cc2ccccc2s1. The Morgan fingerprint density at radius 1 is 0.926 bits per heavy atom. The lowest BCUT2D eigenvalue weighted by molar-refractivity contribution is 0.279. The van der Waals surface area contributed by atoms with E-state index in [1.54, 1.807) is 0 Å². The molecule has 0 bridgehead atoms. The monoisotopic (exact) mass is 387 g/mol. The first-order valence-electron chi connectivity index (χ1n) is 9.57. The molecule has 0 amide bonds. The van der Waals surface area contributed by atoms with Gasteiger partial charge < -0.3 is 0 Å². The molecule has 0 N–H and O–H groups in total. The molecule has 0 saturated heterocycles. The van der Waals surface area contributed by atoms with Gasteiger partial charge in [0.25, 0.3) is 0 Å². The van der Waals surface area contributed by atoms with Crippen LogP contribution in [0.5, 0.6) is 0 Å². The Hall–Kier alpha value is -1.90. The van der Waals surface area contributed by atoms with Gasteiger partial charge in [-0.1, -0.05) is 62.4 Å². The normalized spacial score (nSPS) is 17.9. The van der Waals surface area contributed by atoms with E-state index in [1.807, 2.05) is 22.7 Å². The highest BCUT2D eigenvalue weighted by Crippen LogP contribution is 2.56. The van der Waals surface area contributed by atoms with E-state index in [0.717, 1.165) is 6.42 Å². The second-order valence-electron chi connectivity index (χ2n) is 8.07. The minimum Gasteiger partial charge on any atom is -0.148 e. The third-order valence-electron chi connectivity index (χ3n) is 6.07. The Morgan fingerprint density at radius 3 is 2.56 bits per heavy atom. The van der Waals surface area contributed by atoms with Crippen LogP contribution in [0.2, 0.25) is 0 Å². The second-order valence-corrected chi connectivity index (χ2v) is 10.2. The van der Waals surface area contributed by atoms with Crippen molar-refractivity contribution in [1.82, 2.24) is 0 Å². The summed E-state index contributed by atoms with van der Waals surface area (Å²) >= 11 is 3.86. The minimum atomic E-state index is 0.109. The molecule has 2 atom stereocenters. The molecular formula is C25H23S2. The van der Waals surface area contributed by atoms with E-state index in [1.165, 1.54) is 31.0 Å². The predicted octanol–water partition coefficient (Wildman–Crippen LogP) is 7.67. The molecule has 1 radical (unpaired) electrons. The molecule has 5 rings (SSSR count). The fourth-order valence-corrected chi connectivity index (χ4v) is 7.25. The molecule has 0 fully saturated rings. The Balaban J connectivity index is 1.65. The number of hydrogen-bond acceptors (Lipinski definition) is 2.